The Labute approximate surface area is 138 Å². The number of ether oxygens (including phenoxy) is 1. The van der Waals surface area contributed by atoms with Gasteiger partial charge in [-0.3, -0.25) is 15.1 Å². The summed E-state index contributed by atoms with van der Waals surface area (Å²) in [5.41, 5.74) is 2.67. The predicted octanol–water partition coefficient (Wildman–Crippen LogP) is 4.14. The van der Waals surface area contributed by atoms with Crippen LogP contribution in [0.15, 0.2) is 72.0 Å². The Morgan fingerprint density at radius 3 is 2.42 bits per heavy atom. The first-order valence-electron chi connectivity index (χ1n) is 7.27. The van der Waals surface area contributed by atoms with E-state index in [1.54, 1.807) is 25.5 Å². The Morgan fingerprint density at radius 2 is 1.79 bits per heavy atom. The first-order valence-corrected chi connectivity index (χ1v) is 7.27. The summed E-state index contributed by atoms with van der Waals surface area (Å²) in [5, 5.41) is 10.6. The van der Waals surface area contributed by atoms with E-state index in [0.29, 0.717) is 5.69 Å². The first-order chi connectivity index (χ1) is 11.7. The third kappa shape index (κ3) is 3.49. The molecule has 0 fully saturated rings. The van der Waals surface area contributed by atoms with Gasteiger partial charge in [0.05, 0.1) is 17.7 Å². The molecule has 0 atom stereocenters. The van der Waals surface area contributed by atoms with Gasteiger partial charge in [-0.05, 0) is 42.5 Å². The van der Waals surface area contributed by atoms with Crippen LogP contribution in [-0.4, -0.2) is 22.8 Å². The number of non-ortho nitro benzene ring substituents is 1. The summed E-state index contributed by atoms with van der Waals surface area (Å²) in [6, 6.07) is 15.8. The molecule has 120 valence electrons. The zero-order valence-electron chi connectivity index (χ0n) is 13.0. The number of methoxy groups -OCH3 is 1. The van der Waals surface area contributed by atoms with Gasteiger partial charge >= 0.3 is 0 Å². The van der Waals surface area contributed by atoms with E-state index in [0.717, 1.165) is 17.0 Å². The lowest BCUT2D eigenvalue weighted by Gasteiger charge is -2.04. The number of hydrogen-bond acceptors (Lipinski definition) is 4. The van der Waals surface area contributed by atoms with E-state index < -0.39 is 4.92 Å². The van der Waals surface area contributed by atoms with Gasteiger partial charge in [0.1, 0.15) is 5.75 Å². The van der Waals surface area contributed by atoms with Crippen LogP contribution in [0.1, 0.15) is 5.56 Å². The van der Waals surface area contributed by atoms with E-state index in [2.05, 4.69) is 4.99 Å². The summed E-state index contributed by atoms with van der Waals surface area (Å²) >= 11 is 0. The Bertz CT molecular complexity index is 865. The molecule has 6 nitrogen and oxygen atoms in total. The van der Waals surface area contributed by atoms with Gasteiger partial charge in [0, 0.05) is 42.0 Å². The number of benzene rings is 2. The highest BCUT2D eigenvalue weighted by Gasteiger charge is 2.03. The van der Waals surface area contributed by atoms with Crippen molar-refractivity contribution in [2.24, 2.45) is 4.99 Å². The summed E-state index contributed by atoms with van der Waals surface area (Å²) in [4.78, 5) is 14.5. The lowest BCUT2D eigenvalue weighted by Crippen LogP contribution is -1.90. The molecular formula is C18H15N3O3. The number of aliphatic imine (C=N–C) groups is 1. The van der Waals surface area contributed by atoms with Crippen LogP contribution in [0.2, 0.25) is 0 Å². The van der Waals surface area contributed by atoms with E-state index in [-0.39, 0.29) is 5.69 Å². The topological polar surface area (TPSA) is 69.7 Å². The number of hydrogen-bond donors (Lipinski definition) is 0. The lowest BCUT2D eigenvalue weighted by molar-refractivity contribution is -0.384. The van der Waals surface area contributed by atoms with Crippen molar-refractivity contribution < 1.29 is 9.66 Å². The minimum Gasteiger partial charge on any atom is -0.497 e. The van der Waals surface area contributed by atoms with E-state index in [9.17, 15) is 10.1 Å². The minimum absolute atomic E-state index is 0.0552. The molecule has 0 bridgehead atoms. The fourth-order valence-corrected chi connectivity index (χ4v) is 2.21. The van der Waals surface area contributed by atoms with Gasteiger partial charge in [0.15, 0.2) is 0 Å². The number of rotatable bonds is 5. The molecule has 24 heavy (non-hydrogen) atoms. The quantitative estimate of drug-likeness (QED) is 0.403. The molecule has 6 heteroatoms. The van der Waals surface area contributed by atoms with Crippen molar-refractivity contribution in [3.8, 4) is 11.4 Å². The molecule has 0 saturated heterocycles. The van der Waals surface area contributed by atoms with Crippen molar-refractivity contribution in [2.45, 2.75) is 0 Å². The minimum atomic E-state index is -0.428. The summed E-state index contributed by atoms with van der Waals surface area (Å²) < 4.78 is 7.13. The largest absolute Gasteiger partial charge is 0.497 e. The van der Waals surface area contributed by atoms with Crippen molar-refractivity contribution in [3.05, 3.63) is 82.7 Å². The maximum Gasteiger partial charge on any atom is 0.269 e. The van der Waals surface area contributed by atoms with Crippen molar-refractivity contribution in [2.75, 3.05) is 7.11 Å². The first kappa shape index (κ1) is 15.5. The lowest BCUT2D eigenvalue weighted by atomic mass is 10.3. The van der Waals surface area contributed by atoms with Gasteiger partial charge in [0.2, 0.25) is 0 Å². The normalized spacial score (nSPS) is 10.9. The zero-order valence-corrected chi connectivity index (χ0v) is 13.0. The summed E-state index contributed by atoms with van der Waals surface area (Å²) in [6.45, 7) is 0. The van der Waals surface area contributed by atoms with Gasteiger partial charge < -0.3 is 9.30 Å². The van der Waals surface area contributed by atoms with Crippen molar-refractivity contribution >= 4 is 17.6 Å². The fraction of sp³-hybridized carbons (Fsp3) is 0.0556. The van der Waals surface area contributed by atoms with Gasteiger partial charge in [-0.15, -0.1) is 0 Å². The fourth-order valence-electron chi connectivity index (χ4n) is 2.21. The molecule has 0 N–H and O–H groups in total. The molecule has 2 aromatic carbocycles. The Balaban J connectivity index is 1.74. The van der Waals surface area contributed by atoms with E-state index in [1.165, 1.54) is 12.1 Å². The number of nitro groups is 1. The molecule has 0 saturated carbocycles. The molecule has 0 aliphatic carbocycles. The number of nitrogens with zero attached hydrogens (tertiary/aromatic N) is 3. The maximum absolute atomic E-state index is 10.6. The zero-order chi connectivity index (χ0) is 16.9. The molecule has 0 unspecified atom stereocenters. The third-order valence-electron chi connectivity index (χ3n) is 3.51. The maximum atomic E-state index is 10.6. The van der Waals surface area contributed by atoms with Gasteiger partial charge in [-0.1, -0.05) is 0 Å². The van der Waals surface area contributed by atoms with E-state index in [4.69, 9.17) is 4.74 Å². The molecule has 0 aliphatic heterocycles. The summed E-state index contributed by atoms with van der Waals surface area (Å²) in [5.74, 6) is 0.811. The highest BCUT2D eigenvalue weighted by atomic mass is 16.6. The Hall–Kier alpha value is -3.41. The van der Waals surface area contributed by atoms with Crippen LogP contribution in [-0.2, 0) is 0 Å². The molecule has 0 radical (unpaired) electrons. The standard InChI is InChI=1S/C18H15N3O3/c1-24-18-8-6-16(7-9-18)20-11-10-14(13-20)12-19-15-2-4-17(5-3-15)21(22)23/h2-13H,1H3. The molecule has 1 aromatic heterocycles. The van der Waals surface area contributed by atoms with Crippen LogP contribution in [0.3, 0.4) is 0 Å². The second kappa shape index (κ2) is 6.78. The van der Waals surface area contributed by atoms with E-state index >= 15 is 0 Å². The molecule has 0 amide bonds. The highest BCUT2D eigenvalue weighted by Crippen LogP contribution is 2.19. The van der Waals surface area contributed by atoms with Crippen LogP contribution in [0.5, 0.6) is 5.75 Å². The van der Waals surface area contributed by atoms with Crippen LogP contribution >= 0.6 is 0 Å². The second-order valence-electron chi connectivity index (χ2n) is 5.08. The molecule has 3 aromatic rings. The van der Waals surface area contributed by atoms with Crippen molar-refractivity contribution in [1.29, 1.82) is 0 Å². The molecule has 0 spiro atoms. The van der Waals surface area contributed by atoms with Gasteiger partial charge in [-0.25, -0.2) is 0 Å². The Kier molecular flexibility index (Phi) is 4.38. The Morgan fingerprint density at radius 1 is 1.08 bits per heavy atom. The average molecular weight is 321 g/mol. The molecular weight excluding hydrogens is 306 g/mol. The molecule has 1 heterocycles. The smallest absolute Gasteiger partial charge is 0.269 e. The average Bonchev–Trinajstić information content (AvgIpc) is 3.09. The van der Waals surface area contributed by atoms with Crippen LogP contribution in [0, 0.1) is 10.1 Å². The number of nitro benzene ring substituents is 1. The SMILES string of the molecule is COc1ccc(-n2ccc(C=Nc3ccc([N+](=O)[O-])cc3)c2)cc1. The van der Waals surface area contributed by atoms with E-state index in [1.807, 2.05) is 47.3 Å². The van der Waals surface area contributed by atoms with Gasteiger partial charge in [-0.2, -0.15) is 0 Å². The summed E-state index contributed by atoms with van der Waals surface area (Å²) in [6.07, 6.45) is 5.62. The third-order valence-corrected chi connectivity index (χ3v) is 3.51. The van der Waals surface area contributed by atoms with Crippen molar-refractivity contribution in [1.82, 2.24) is 4.57 Å². The monoisotopic (exact) mass is 321 g/mol. The highest BCUT2D eigenvalue weighted by molar-refractivity contribution is 5.82. The van der Waals surface area contributed by atoms with Crippen LogP contribution in [0.4, 0.5) is 11.4 Å². The second-order valence-corrected chi connectivity index (χ2v) is 5.08. The van der Waals surface area contributed by atoms with Crippen molar-refractivity contribution in [3.63, 3.8) is 0 Å². The van der Waals surface area contributed by atoms with Crippen LogP contribution in [0.25, 0.3) is 5.69 Å². The van der Waals surface area contributed by atoms with Gasteiger partial charge in [0.25, 0.3) is 5.69 Å². The molecule has 3 rings (SSSR count). The van der Waals surface area contributed by atoms with Crippen LogP contribution < -0.4 is 4.74 Å². The number of aromatic nitrogens is 1. The molecule has 0 aliphatic rings. The summed E-state index contributed by atoms with van der Waals surface area (Å²) in [7, 11) is 1.64. The predicted molar refractivity (Wildman–Crippen MR) is 92.7 cm³/mol.